The van der Waals surface area contributed by atoms with E-state index in [0.717, 1.165) is 0 Å². The molecule has 0 bridgehead atoms. The highest BCUT2D eigenvalue weighted by atomic mass is 32.1. The predicted octanol–water partition coefficient (Wildman–Crippen LogP) is -0.0129. The molecule has 3 N–H and O–H groups in total. The lowest BCUT2D eigenvalue weighted by Gasteiger charge is -1.93. The molecule has 5 nitrogen and oxygen atoms in total. The average Bonchev–Trinajstić information content (AvgIpc) is 2.49. The zero-order valence-corrected chi connectivity index (χ0v) is 6.80. The lowest BCUT2D eigenvalue weighted by Crippen LogP contribution is -2.09. The van der Waals surface area contributed by atoms with Crippen molar-refractivity contribution in [1.29, 1.82) is 0 Å². The number of rotatable bonds is 1. The second-order valence-corrected chi connectivity index (χ2v) is 2.69. The van der Waals surface area contributed by atoms with Crippen LogP contribution in [0.2, 0.25) is 0 Å². The van der Waals surface area contributed by atoms with Gasteiger partial charge in [0.05, 0.1) is 0 Å². The number of pyridine rings is 1. The van der Waals surface area contributed by atoms with E-state index < -0.39 is 0 Å². The van der Waals surface area contributed by atoms with Gasteiger partial charge in [-0.25, -0.2) is 4.98 Å². The number of nitrogens with zero attached hydrogens (tertiary/aromatic N) is 3. The SMILES string of the molecule is NC(=S)c1cnc2n[nH]nc2c1. The molecule has 2 rings (SSSR count). The number of fused-ring (bicyclic) bond motifs is 1. The van der Waals surface area contributed by atoms with E-state index in [-0.39, 0.29) is 0 Å². The number of hydrogen-bond acceptors (Lipinski definition) is 4. The van der Waals surface area contributed by atoms with Gasteiger partial charge in [-0.05, 0) is 6.07 Å². The van der Waals surface area contributed by atoms with Gasteiger partial charge in [0.15, 0.2) is 0 Å². The van der Waals surface area contributed by atoms with Gasteiger partial charge in [0.2, 0.25) is 5.65 Å². The fraction of sp³-hybridized carbons (Fsp3) is 0. The Bertz CT molecular complexity index is 434. The van der Waals surface area contributed by atoms with Gasteiger partial charge >= 0.3 is 0 Å². The van der Waals surface area contributed by atoms with E-state index >= 15 is 0 Å². The van der Waals surface area contributed by atoms with Crippen LogP contribution in [0.5, 0.6) is 0 Å². The minimum absolute atomic E-state index is 0.312. The van der Waals surface area contributed by atoms with E-state index in [2.05, 4.69) is 20.4 Å². The van der Waals surface area contributed by atoms with Crippen LogP contribution in [-0.2, 0) is 0 Å². The molecule has 0 saturated carbocycles. The molecule has 0 aliphatic rings. The van der Waals surface area contributed by atoms with E-state index in [1.165, 1.54) is 0 Å². The molecule has 0 aromatic carbocycles. The van der Waals surface area contributed by atoms with Crippen molar-refractivity contribution in [3.8, 4) is 0 Å². The third kappa shape index (κ3) is 1.02. The lowest BCUT2D eigenvalue weighted by molar-refractivity contribution is 0.954. The summed E-state index contributed by atoms with van der Waals surface area (Å²) in [5.41, 5.74) is 7.34. The Morgan fingerprint density at radius 3 is 3.08 bits per heavy atom. The first kappa shape index (κ1) is 7.11. The zero-order valence-electron chi connectivity index (χ0n) is 5.98. The van der Waals surface area contributed by atoms with Gasteiger partial charge in [-0.3, -0.25) is 0 Å². The fourth-order valence-electron chi connectivity index (χ4n) is 0.875. The Hall–Kier alpha value is -1.56. The highest BCUT2D eigenvalue weighted by Gasteiger charge is 2.01. The summed E-state index contributed by atoms with van der Waals surface area (Å²) in [6.45, 7) is 0. The summed E-state index contributed by atoms with van der Waals surface area (Å²) in [6.07, 6.45) is 1.58. The van der Waals surface area contributed by atoms with Crippen molar-refractivity contribution in [2.45, 2.75) is 0 Å². The average molecular weight is 179 g/mol. The molecule has 0 unspecified atom stereocenters. The molecule has 2 heterocycles. The number of nitrogens with two attached hydrogens (primary N) is 1. The van der Waals surface area contributed by atoms with Crippen LogP contribution in [0.4, 0.5) is 0 Å². The first-order valence-electron chi connectivity index (χ1n) is 3.24. The monoisotopic (exact) mass is 179 g/mol. The Kier molecular flexibility index (Phi) is 1.47. The third-order valence-corrected chi connectivity index (χ3v) is 1.69. The third-order valence-electron chi connectivity index (χ3n) is 1.46. The van der Waals surface area contributed by atoms with Crippen LogP contribution in [0, 0.1) is 0 Å². The fourth-order valence-corrected chi connectivity index (χ4v) is 0.987. The Labute approximate surface area is 73.0 Å². The molecular formula is C6H5N5S. The molecule has 0 amide bonds. The molecule has 0 atom stereocenters. The molecule has 0 spiro atoms. The van der Waals surface area contributed by atoms with Crippen LogP contribution in [0.15, 0.2) is 12.3 Å². The minimum atomic E-state index is 0.312. The van der Waals surface area contributed by atoms with Crippen LogP contribution in [0.1, 0.15) is 5.56 Å². The molecule has 6 heteroatoms. The molecule has 12 heavy (non-hydrogen) atoms. The quantitative estimate of drug-likeness (QED) is 0.602. The van der Waals surface area contributed by atoms with Crippen molar-refractivity contribution in [3.05, 3.63) is 17.8 Å². The van der Waals surface area contributed by atoms with Crippen LogP contribution in [0.3, 0.4) is 0 Å². The van der Waals surface area contributed by atoms with Crippen LogP contribution in [-0.4, -0.2) is 25.4 Å². The van der Waals surface area contributed by atoms with Crippen molar-refractivity contribution < 1.29 is 0 Å². The summed E-state index contributed by atoms with van der Waals surface area (Å²) in [4.78, 5) is 4.30. The maximum atomic E-state index is 5.41. The van der Waals surface area contributed by atoms with Gasteiger partial charge in [0, 0.05) is 11.8 Å². The van der Waals surface area contributed by atoms with Crippen LogP contribution in [0.25, 0.3) is 11.2 Å². The molecule has 0 fully saturated rings. The van der Waals surface area contributed by atoms with Crippen molar-refractivity contribution in [2.24, 2.45) is 5.73 Å². The number of H-pyrrole nitrogens is 1. The topological polar surface area (TPSA) is 80.5 Å². The number of aromatic amines is 1. The van der Waals surface area contributed by atoms with E-state index in [0.29, 0.717) is 21.7 Å². The second-order valence-electron chi connectivity index (χ2n) is 2.25. The van der Waals surface area contributed by atoms with Gasteiger partial charge in [-0.1, -0.05) is 12.2 Å². The molecule has 0 aliphatic carbocycles. The molecule has 60 valence electrons. The second kappa shape index (κ2) is 2.49. The highest BCUT2D eigenvalue weighted by molar-refractivity contribution is 7.80. The van der Waals surface area contributed by atoms with Crippen molar-refractivity contribution in [3.63, 3.8) is 0 Å². The smallest absolute Gasteiger partial charge is 0.201 e. The van der Waals surface area contributed by atoms with E-state index in [9.17, 15) is 0 Å². The molecule has 2 aromatic rings. The number of thiocarbonyl (C=S) groups is 1. The largest absolute Gasteiger partial charge is 0.389 e. The molecule has 0 saturated heterocycles. The van der Waals surface area contributed by atoms with Crippen LogP contribution >= 0.6 is 12.2 Å². The molecule has 0 aliphatic heterocycles. The predicted molar refractivity (Wildman–Crippen MR) is 47.6 cm³/mol. The summed E-state index contributed by atoms with van der Waals surface area (Å²) >= 11 is 4.78. The first-order valence-corrected chi connectivity index (χ1v) is 3.64. The summed E-state index contributed by atoms with van der Waals surface area (Å²) in [5, 5.41) is 10.1. The standard InChI is InChI=1S/C6H5N5S/c7-5(12)3-1-4-6(8-2-3)10-11-9-4/h1-2H,(H2,7,12)(H,8,9,10,11). The first-order chi connectivity index (χ1) is 5.77. The Morgan fingerprint density at radius 2 is 2.33 bits per heavy atom. The van der Waals surface area contributed by atoms with Crippen molar-refractivity contribution in [2.75, 3.05) is 0 Å². The number of nitrogens with one attached hydrogen (secondary N) is 1. The summed E-state index contributed by atoms with van der Waals surface area (Å²) in [7, 11) is 0. The molecule has 0 radical (unpaired) electrons. The summed E-state index contributed by atoms with van der Waals surface area (Å²) in [5.74, 6) is 0. The van der Waals surface area contributed by atoms with Crippen molar-refractivity contribution >= 4 is 28.4 Å². The Balaban J connectivity index is 2.68. The van der Waals surface area contributed by atoms with Crippen LogP contribution < -0.4 is 5.73 Å². The van der Waals surface area contributed by atoms with Gasteiger partial charge < -0.3 is 5.73 Å². The summed E-state index contributed by atoms with van der Waals surface area (Å²) < 4.78 is 0. The van der Waals surface area contributed by atoms with E-state index in [4.69, 9.17) is 18.0 Å². The zero-order chi connectivity index (χ0) is 8.55. The van der Waals surface area contributed by atoms with Gasteiger partial charge in [0.25, 0.3) is 0 Å². The number of aromatic nitrogens is 4. The maximum Gasteiger partial charge on any atom is 0.201 e. The summed E-state index contributed by atoms with van der Waals surface area (Å²) in [6, 6.07) is 1.74. The highest BCUT2D eigenvalue weighted by Crippen LogP contribution is 2.06. The van der Waals surface area contributed by atoms with Gasteiger partial charge in [-0.2, -0.15) is 10.3 Å². The van der Waals surface area contributed by atoms with Crippen molar-refractivity contribution in [1.82, 2.24) is 20.4 Å². The van der Waals surface area contributed by atoms with Gasteiger partial charge in [-0.15, -0.1) is 5.10 Å². The number of hydrogen-bond donors (Lipinski definition) is 2. The minimum Gasteiger partial charge on any atom is -0.389 e. The molecular weight excluding hydrogens is 174 g/mol. The van der Waals surface area contributed by atoms with E-state index in [1.54, 1.807) is 12.3 Å². The Morgan fingerprint density at radius 1 is 1.50 bits per heavy atom. The lowest BCUT2D eigenvalue weighted by atomic mass is 10.3. The maximum absolute atomic E-state index is 5.41. The van der Waals surface area contributed by atoms with Gasteiger partial charge in [0.1, 0.15) is 10.5 Å². The molecule has 2 aromatic heterocycles. The normalized spacial score (nSPS) is 10.3. The van der Waals surface area contributed by atoms with E-state index in [1.807, 2.05) is 0 Å².